The Balaban J connectivity index is 1.89. The lowest BCUT2D eigenvalue weighted by molar-refractivity contribution is 0.402. The van der Waals surface area contributed by atoms with Crippen LogP contribution in [0, 0.1) is 0 Å². The summed E-state index contributed by atoms with van der Waals surface area (Å²) in [4.78, 5) is 2.17. The second-order valence-electron chi connectivity index (χ2n) is 5.14. The van der Waals surface area contributed by atoms with Gasteiger partial charge in [-0.3, -0.25) is 0 Å². The summed E-state index contributed by atoms with van der Waals surface area (Å²) in [6.45, 7) is 1.79. The van der Waals surface area contributed by atoms with Crippen molar-refractivity contribution in [1.82, 2.24) is 4.90 Å². The van der Waals surface area contributed by atoms with Crippen molar-refractivity contribution < 1.29 is 4.74 Å². The molecule has 20 heavy (non-hydrogen) atoms. The topological polar surface area (TPSA) is 24.5 Å². The van der Waals surface area contributed by atoms with Crippen molar-refractivity contribution in [3.05, 3.63) is 59.7 Å². The Morgan fingerprint density at radius 3 is 2.05 bits per heavy atom. The third-order valence-electron chi connectivity index (χ3n) is 3.11. The molecule has 0 bridgehead atoms. The summed E-state index contributed by atoms with van der Waals surface area (Å²) in [5.74, 6) is 0.891. The molecule has 0 spiro atoms. The van der Waals surface area contributed by atoms with Crippen molar-refractivity contribution in [3.63, 3.8) is 0 Å². The quantitative estimate of drug-likeness (QED) is 0.871. The average Bonchev–Trinajstić information content (AvgIpc) is 2.46. The smallest absolute Gasteiger partial charge is 0.118 e. The van der Waals surface area contributed by atoms with E-state index in [1.165, 1.54) is 11.1 Å². The lowest BCUT2D eigenvalue weighted by atomic mass is 10.2. The minimum absolute atomic E-state index is 0.816. The van der Waals surface area contributed by atoms with E-state index in [9.17, 15) is 0 Å². The summed E-state index contributed by atoms with van der Waals surface area (Å²) in [6.07, 6.45) is 0. The van der Waals surface area contributed by atoms with Crippen molar-refractivity contribution in [1.29, 1.82) is 0 Å². The second-order valence-corrected chi connectivity index (χ2v) is 5.14. The van der Waals surface area contributed by atoms with Crippen LogP contribution >= 0.6 is 0 Å². The molecule has 2 aromatic carbocycles. The zero-order valence-electron chi connectivity index (χ0n) is 12.4. The minimum atomic E-state index is 0.816. The molecule has 0 aliphatic heterocycles. The first-order valence-electron chi connectivity index (χ1n) is 6.78. The van der Waals surface area contributed by atoms with E-state index >= 15 is 0 Å². The molecule has 3 heteroatoms. The predicted molar refractivity (Wildman–Crippen MR) is 84.2 cm³/mol. The Hall–Kier alpha value is -2.00. The lowest BCUT2D eigenvalue weighted by Gasteiger charge is -2.11. The van der Waals surface area contributed by atoms with Gasteiger partial charge in [0.2, 0.25) is 0 Å². The van der Waals surface area contributed by atoms with E-state index in [1.807, 2.05) is 12.1 Å². The minimum Gasteiger partial charge on any atom is -0.497 e. The highest BCUT2D eigenvalue weighted by Gasteiger charge is 1.98. The molecule has 0 fully saturated rings. The monoisotopic (exact) mass is 270 g/mol. The number of hydrogen-bond donors (Lipinski definition) is 1. The molecule has 0 unspecified atom stereocenters. The SMILES string of the molecule is COc1ccc(CNc2ccc(CN(C)C)cc2)cc1. The molecule has 0 aliphatic rings. The number of nitrogens with zero attached hydrogens (tertiary/aromatic N) is 1. The molecular weight excluding hydrogens is 248 g/mol. The molecule has 0 aromatic heterocycles. The van der Waals surface area contributed by atoms with Gasteiger partial charge in [0.05, 0.1) is 7.11 Å². The number of anilines is 1. The highest BCUT2D eigenvalue weighted by atomic mass is 16.5. The van der Waals surface area contributed by atoms with Gasteiger partial charge in [0.25, 0.3) is 0 Å². The average molecular weight is 270 g/mol. The van der Waals surface area contributed by atoms with Gasteiger partial charge in [-0.2, -0.15) is 0 Å². The van der Waals surface area contributed by atoms with E-state index in [0.29, 0.717) is 0 Å². The molecule has 0 aliphatic carbocycles. The Morgan fingerprint density at radius 2 is 1.50 bits per heavy atom. The fourth-order valence-electron chi connectivity index (χ4n) is 2.04. The first kappa shape index (κ1) is 14.4. The third-order valence-corrected chi connectivity index (χ3v) is 3.11. The van der Waals surface area contributed by atoms with Crippen molar-refractivity contribution in [3.8, 4) is 5.75 Å². The van der Waals surface area contributed by atoms with Crippen LogP contribution in [0.4, 0.5) is 5.69 Å². The Kier molecular flexibility index (Phi) is 5.02. The van der Waals surface area contributed by atoms with Gasteiger partial charge in [0.1, 0.15) is 5.75 Å². The first-order chi connectivity index (χ1) is 9.67. The molecule has 2 aromatic rings. The molecule has 3 nitrogen and oxygen atoms in total. The van der Waals surface area contributed by atoms with Crippen LogP contribution in [-0.4, -0.2) is 26.1 Å². The maximum absolute atomic E-state index is 5.15. The van der Waals surface area contributed by atoms with Crippen LogP contribution in [0.2, 0.25) is 0 Å². The fraction of sp³-hybridized carbons (Fsp3) is 0.294. The summed E-state index contributed by atoms with van der Waals surface area (Å²) in [5.41, 5.74) is 3.71. The lowest BCUT2D eigenvalue weighted by Crippen LogP contribution is -2.10. The molecule has 0 saturated heterocycles. The number of methoxy groups -OCH3 is 1. The number of benzene rings is 2. The summed E-state index contributed by atoms with van der Waals surface area (Å²) >= 11 is 0. The van der Waals surface area contributed by atoms with Crippen LogP contribution in [0.1, 0.15) is 11.1 Å². The molecule has 0 radical (unpaired) electrons. The van der Waals surface area contributed by atoms with Gasteiger partial charge in [0, 0.05) is 18.8 Å². The van der Waals surface area contributed by atoms with Crippen LogP contribution in [0.5, 0.6) is 5.75 Å². The predicted octanol–water partition coefficient (Wildman–Crippen LogP) is 3.37. The van der Waals surface area contributed by atoms with Crippen LogP contribution in [-0.2, 0) is 13.1 Å². The van der Waals surface area contributed by atoms with Gasteiger partial charge in [-0.15, -0.1) is 0 Å². The van der Waals surface area contributed by atoms with Crippen molar-refractivity contribution >= 4 is 5.69 Å². The number of nitrogens with one attached hydrogen (secondary N) is 1. The van der Waals surface area contributed by atoms with E-state index in [1.54, 1.807) is 7.11 Å². The molecule has 1 N–H and O–H groups in total. The van der Waals surface area contributed by atoms with Gasteiger partial charge in [-0.05, 0) is 49.5 Å². The number of rotatable bonds is 6. The molecule has 0 heterocycles. The van der Waals surface area contributed by atoms with Gasteiger partial charge >= 0.3 is 0 Å². The molecule has 2 rings (SSSR count). The Bertz CT molecular complexity index is 518. The third kappa shape index (κ3) is 4.28. The van der Waals surface area contributed by atoms with Gasteiger partial charge < -0.3 is 15.0 Å². The van der Waals surface area contributed by atoms with E-state index in [4.69, 9.17) is 4.74 Å². The maximum atomic E-state index is 5.15. The van der Waals surface area contributed by atoms with Crippen LogP contribution in [0.3, 0.4) is 0 Å². The number of ether oxygens (including phenoxy) is 1. The Morgan fingerprint density at radius 1 is 0.900 bits per heavy atom. The fourth-order valence-corrected chi connectivity index (χ4v) is 2.04. The summed E-state index contributed by atoms with van der Waals surface area (Å²) in [5, 5.41) is 3.42. The van der Waals surface area contributed by atoms with Crippen molar-refractivity contribution in [2.75, 3.05) is 26.5 Å². The maximum Gasteiger partial charge on any atom is 0.118 e. The van der Waals surface area contributed by atoms with Crippen LogP contribution in [0.25, 0.3) is 0 Å². The molecule has 0 amide bonds. The zero-order valence-corrected chi connectivity index (χ0v) is 12.4. The summed E-state index contributed by atoms with van der Waals surface area (Å²) in [6, 6.07) is 16.7. The summed E-state index contributed by atoms with van der Waals surface area (Å²) in [7, 11) is 5.84. The van der Waals surface area contributed by atoms with Gasteiger partial charge in [0.15, 0.2) is 0 Å². The van der Waals surface area contributed by atoms with E-state index in [-0.39, 0.29) is 0 Å². The first-order valence-corrected chi connectivity index (χ1v) is 6.78. The van der Waals surface area contributed by atoms with E-state index < -0.39 is 0 Å². The van der Waals surface area contributed by atoms with E-state index in [0.717, 1.165) is 24.5 Å². The second kappa shape index (κ2) is 6.96. The Labute approximate surface area is 121 Å². The molecular formula is C17H22N2O. The highest BCUT2D eigenvalue weighted by Crippen LogP contribution is 2.14. The highest BCUT2D eigenvalue weighted by molar-refractivity contribution is 5.45. The molecule has 0 atom stereocenters. The van der Waals surface area contributed by atoms with Crippen LogP contribution in [0.15, 0.2) is 48.5 Å². The van der Waals surface area contributed by atoms with Gasteiger partial charge in [-0.1, -0.05) is 24.3 Å². The normalized spacial score (nSPS) is 10.6. The zero-order chi connectivity index (χ0) is 14.4. The van der Waals surface area contributed by atoms with Crippen LogP contribution < -0.4 is 10.1 Å². The van der Waals surface area contributed by atoms with Gasteiger partial charge in [-0.25, -0.2) is 0 Å². The van der Waals surface area contributed by atoms with Crippen molar-refractivity contribution in [2.24, 2.45) is 0 Å². The summed E-state index contributed by atoms with van der Waals surface area (Å²) < 4.78 is 5.15. The van der Waals surface area contributed by atoms with Crippen molar-refractivity contribution in [2.45, 2.75) is 13.1 Å². The number of hydrogen-bond acceptors (Lipinski definition) is 3. The van der Waals surface area contributed by atoms with E-state index in [2.05, 4.69) is 60.7 Å². The largest absolute Gasteiger partial charge is 0.497 e. The molecule has 0 saturated carbocycles. The standard InChI is InChI=1S/C17H22N2O/c1-19(2)13-15-4-8-16(9-5-15)18-12-14-6-10-17(20-3)11-7-14/h4-11,18H,12-13H2,1-3H3. The molecule has 106 valence electrons.